The minimum absolute atomic E-state index is 0.0700. The van der Waals surface area contributed by atoms with E-state index in [1.54, 1.807) is 11.4 Å². The summed E-state index contributed by atoms with van der Waals surface area (Å²) < 4.78 is 47.6. The molecule has 0 radical (unpaired) electrons. The van der Waals surface area contributed by atoms with Crippen molar-refractivity contribution >= 4 is 5.91 Å². The summed E-state index contributed by atoms with van der Waals surface area (Å²) in [6, 6.07) is 1.72. The minimum atomic E-state index is -4.66. The van der Waals surface area contributed by atoms with Crippen molar-refractivity contribution in [1.82, 2.24) is 5.32 Å². The van der Waals surface area contributed by atoms with Crippen molar-refractivity contribution in [2.24, 2.45) is 0 Å². The van der Waals surface area contributed by atoms with Crippen LogP contribution in [0.25, 0.3) is 0 Å². The first-order chi connectivity index (χ1) is 6.42. The number of amides is 1. The van der Waals surface area contributed by atoms with Crippen LogP contribution in [0.4, 0.5) is 17.6 Å². The summed E-state index contributed by atoms with van der Waals surface area (Å²) in [5.74, 6) is -6.67. The molecular formula is C7H8F4N2O. The molecule has 0 fully saturated rings. The van der Waals surface area contributed by atoms with Crippen molar-refractivity contribution in [2.45, 2.75) is 25.2 Å². The highest BCUT2D eigenvalue weighted by molar-refractivity contribution is 5.83. The van der Waals surface area contributed by atoms with Crippen LogP contribution in [0, 0.1) is 11.3 Å². The van der Waals surface area contributed by atoms with E-state index in [9.17, 15) is 22.4 Å². The van der Waals surface area contributed by atoms with E-state index >= 15 is 0 Å². The predicted molar refractivity (Wildman–Crippen MR) is 38.8 cm³/mol. The van der Waals surface area contributed by atoms with Crippen LogP contribution in [0.2, 0.25) is 0 Å². The third-order valence-electron chi connectivity index (χ3n) is 1.33. The van der Waals surface area contributed by atoms with Gasteiger partial charge in [-0.2, -0.15) is 14.0 Å². The Balaban J connectivity index is 3.91. The topological polar surface area (TPSA) is 52.9 Å². The molecule has 80 valence electrons. The van der Waals surface area contributed by atoms with Gasteiger partial charge in [-0.1, -0.05) is 0 Å². The molecule has 0 bridgehead atoms. The zero-order chi connectivity index (χ0) is 11.2. The number of hydrogen-bond donors (Lipinski definition) is 1. The fourth-order valence-electron chi connectivity index (χ4n) is 0.586. The maximum absolute atomic E-state index is 12.2. The van der Waals surface area contributed by atoms with Gasteiger partial charge in [0.15, 0.2) is 0 Å². The van der Waals surface area contributed by atoms with Gasteiger partial charge in [-0.3, -0.25) is 4.79 Å². The van der Waals surface area contributed by atoms with Gasteiger partial charge in [-0.15, -0.1) is 0 Å². The average Bonchev–Trinajstić information content (AvgIpc) is 2.11. The van der Waals surface area contributed by atoms with E-state index in [1.807, 2.05) is 0 Å². The molecule has 0 spiro atoms. The molecule has 0 atom stereocenters. The Bertz CT molecular complexity index is 236. The summed E-state index contributed by atoms with van der Waals surface area (Å²) in [6.45, 7) is -0.214. The Labute approximate surface area is 77.7 Å². The molecule has 14 heavy (non-hydrogen) atoms. The molecule has 0 aromatic heterocycles. The molecule has 0 aromatic rings. The van der Waals surface area contributed by atoms with E-state index in [0.717, 1.165) is 0 Å². The van der Waals surface area contributed by atoms with Crippen molar-refractivity contribution in [1.29, 1.82) is 5.26 Å². The molecule has 3 nitrogen and oxygen atoms in total. The third kappa shape index (κ3) is 3.60. The summed E-state index contributed by atoms with van der Waals surface area (Å²) in [7, 11) is 0. The molecule has 0 aliphatic heterocycles. The number of carbonyl (C=O) groups is 1. The normalized spacial score (nSPS) is 11.1. The Kier molecular flexibility index (Phi) is 4.91. The van der Waals surface area contributed by atoms with Crippen molar-refractivity contribution in [2.75, 3.05) is 6.54 Å². The van der Waals surface area contributed by atoms with Crippen molar-refractivity contribution in [3.8, 4) is 6.07 Å². The zero-order valence-electron chi connectivity index (χ0n) is 7.07. The Morgan fingerprint density at radius 3 is 2.50 bits per heavy atom. The van der Waals surface area contributed by atoms with Crippen molar-refractivity contribution in [3.05, 3.63) is 0 Å². The second-order valence-electron chi connectivity index (χ2n) is 2.44. The van der Waals surface area contributed by atoms with Crippen LogP contribution in [0.5, 0.6) is 0 Å². The number of nitrogens with zero attached hydrogens (tertiary/aromatic N) is 1. The molecule has 0 aromatic carbocycles. The summed E-state index contributed by atoms with van der Waals surface area (Å²) >= 11 is 0. The lowest BCUT2D eigenvalue weighted by Gasteiger charge is -2.14. The van der Waals surface area contributed by atoms with Gasteiger partial charge in [0, 0.05) is 13.0 Å². The molecular weight excluding hydrogens is 204 g/mol. The summed E-state index contributed by atoms with van der Waals surface area (Å²) in [6.07, 6.45) is -3.79. The number of nitrogens with one attached hydrogen (secondary N) is 1. The number of alkyl halides is 4. The number of rotatable bonds is 5. The van der Waals surface area contributed by atoms with Gasteiger partial charge < -0.3 is 5.32 Å². The van der Waals surface area contributed by atoms with Gasteiger partial charge in [0.2, 0.25) is 0 Å². The maximum Gasteiger partial charge on any atom is 0.383 e. The zero-order valence-corrected chi connectivity index (χ0v) is 7.07. The van der Waals surface area contributed by atoms with E-state index in [1.165, 1.54) is 0 Å². The van der Waals surface area contributed by atoms with Crippen LogP contribution in [0.15, 0.2) is 0 Å². The van der Waals surface area contributed by atoms with Gasteiger partial charge in [-0.25, -0.2) is 8.78 Å². The first-order valence-corrected chi connectivity index (χ1v) is 3.74. The molecule has 0 aliphatic carbocycles. The molecule has 0 saturated carbocycles. The van der Waals surface area contributed by atoms with Crippen LogP contribution < -0.4 is 5.32 Å². The largest absolute Gasteiger partial charge is 0.383 e. The second kappa shape index (κ2) is 5.42. The Morgan fingerprint density at radius 1 is 1.50 bits per heavy atom. The predicted octanol–water partition coefficient (Wildman–Crippen LogP) is 1.31. The van der Waals surface area contributed by atoms with E-state index in [0.29, 0.717) is 0 Å². The number of nitriles is 1. The Morgan fingerprint density at radius 2 is 2.07 bits per heavy atom. The van der Waals surface area contributed by atoms with Gasteiger partial charge in [0.25, 0.3) is 5.91 Å². The fraction of sp³-hybridized carbons (Fsp3) is 0.714. The highest BCUT2D eigenvalue weighted by Crippen LogP contribution is 2.22. The fourth-order valence-corrected chi connectivity index (χ4v) is 0.586. The molecule has 0 aliphatic rings. The standard InChI is InChI=1S/C7H8F4N2O/c8-5(9)7(10,11)6(14)13-4-2-1-3-12/h5H,1-2,4H2,(H,13,14). The van der Waals surface area contributed by atoms with E-state index < -0.39 is 18.3 Å². The lowest BCUT2D eigenvalue weighted by atomic mass is 10.3. The summed E-state index contributed by atoms with van der Waals surface area (Å²) in [5, 5.41) is 9.67. The first-order valence-electron chi connectivity index (χ1n) is 3.74. The van der Waals surface area contributed by atoms with E-state index in [2.05, 4.69) is 0 Å². The highest BCUT2D eigenvalue weighted by Gasteiger charge is 2.48. The average molecular weight is 212 g/mol. The van der Waals surface area contributed by atoms with Crippen LogP contribution in [-0.2, 0) is 4.79 Å². The van der Waals surface area contributed by atoms with Gasteiger partial charge in [0.05, 0.1) is 6.07 Å². The molecule has 0 saturated heterocycles. The molecule has 1 amide bonds. The van der Waals surface area contributed by atoms with Gasteiger partial charge in [-0.05, 0) is 6.42 Å². The quantitative estimate of drug-likeness (QED) is 0.551. The van der Waals surface area contributed by atoms with Crippen LogP contribution >= 0.6 is 0 Å². The second-order valence-corrected chi connectivity index (χ2v) is 2.44. The van der Waals surface area contributed by atoms with E-state index in [4.69, 9.17) is 5.26 Å². The van der Waals surface area contributed by atoms with Gasteiger partial charge in [0.1, 0.15) is 0 Å². The monoisotopic (exact) mass is 212 g/mol. The lowest BCUT2D eigenvalue weighted by molar-refractivity contribution is -0.169. The van der Waals surface area contributed by atoms with Crippen molar-refractivity contribution < 1.29 is 22.4 Å². The molecule has 1 N–H and O–H groups in total. The van der Waals surface area contributed by atoms with Crippen LogP contribution in [0.3, 0.4) is 0 Å². The molecule has 0 rings (SSSR count). The Hall–Kier alpha value is -1.32. The van der Waals surface area contributed by atoms with Crippen LogP contribution in [0.1, 0.15) is 12.8 Å². The third-order valence-corrected chi connectivity index (χ3v) is 1.33. The highest BCUT2D eigenvalue weighted by atomic mass is 19.3. The maximum atomic E-state index is 12.2. The number of halogens is 4. The minimum Gasteiger partial charge on any atom is -0.351 e. The molecule has 7 heteroatoms. The number of hydrogen-bond acceptors (Lipinski definition) is 2. The molecule has 0 unspecified atom stereocenters. The first kappa shape index (κ1) is 12.7. The summed E-state index contributed by atoms with van der Waals surface area (Å²) in [5.41, 5.74) is 0. The van der Waals surface area contributed by atoms with Gasteiger partial charge >= 0.3 is 12.3 Å². The summed E-state index contributed by atoms with van der Waals surface area (Å²) in [4.78, 5) is 10.4. The lowest BCUT2D eigenvalue weighted by Crippen LogP contribution is -2.45. The number of carbonyl (C=O) groups excluding carboxylic acids is 1. The number of unbranched alkanes of at least 4 members (excludes halogenated alkanes) is 1. The van der Waals surface area contributed by atoms with E-state index in [-0.39, 0.29) is 19.4 Å². The van der Waals surface area contributed by atoms with Crippen molar-refractivity contribution in [3.63, 3.8) is 0 Å². The smallest absolute Gasteiger partial charge is 0.351 e. The van der Waals surface area contributed by atoms with Crippen LogP contribution in [-0.4, -0.2) is 24.8 Å². The SMILES string of the molecule is N#CCCCNC(=O)C(F)(F)C(F)F. The molecule has 0 heterocycles.